The molecule has 0 aliphatic carbocycles. The van der Waals surface area contributed by atoms with Crippen molar-refractivity contribution in [3.63, 3.8) is 0 Å². The number of rotatable bonds is 7. The molecular weight excluding hydrogens is 374 g/mol. The highest BCUT2D eigenvalue weighted by atomic mass is 19.1. The lowest BCUT2D eigenvalue weighted by Crippen LogP contribution is -2.46. The van der Waals surface area contributed by atoms with Gasteiger partial charge in [-0.3, -0.25) is 4.79 Å². The number of carbonyl (C=O) groups is 1. The molecule has 1 atom stereocenters. The van der Waals surface area contributed by atoms with Gasteiger partial charge in [0.15, 0.2) is 0 Å². The lowest BCUT2D eigenvalue weighted by atomic mass is 10.1. The van der Waals surface area contributed by atoms with Gasteiger partial charge in [0.05, 0.1) is 6.54 Å². The minimum Gasteiger partial charge on any atom is -0.369 e. The van der Waals surface area contributed by atoms with E-state index in [0.29, 0.717) is 11.3 Å². The van der Waals surface area contributed by atoms with Gasteiger partial charge in [0.25, 0.3) is 0 Å². The Hall–Kier alpha value is -2.51. The van der Waals surface area contributed by atoms with E-state index in [0.717, 1.165) is 44.5 Å². The number of piperazine rings is 1. The zero-order valence-electron chi connectivity index (χ0n) is 16.9. The SMILES string of the molecule is CCN1CCN(c2ccc(NC(=O)CN[C@@H](C)c3ccc(F)cc3F)cc2)CC1. The first-order valence-corrected chi connectivity index (χ1v) is 10.0. The summed E-state index contributed by atoms with van der Waals surface area (Å²) in [7, 11) is 0. The molecule has 1 aliphatic rings. The summed E-state index contributed by atoms with van der Waals surface area (Å²) < 4.78 is 26.8. The minimum atomic E-state index is -0.624. The Morgan fingerprint density at radius 3 is 2.38 bits per heavy atom. The topological polar surface area (TPSA) is 47.6 Å². The van der Waals surface area contributed by atoms with E-state index in [1.807, 2.05) is 24.3 Å². The molecule has 1 saturated heterocycles. The van der Waals surface area contributed by atoms with Crippen LogP contribution in [-0.4, -0.2) is 50.1 Å². The Labute approximate surface area is 170 Å². The second-order valence-corrected chi connectivity index (χ2v) is 7.28. The number of halogens is 2. The highest BCUT2D eigenvalue weighted by molar-refractivity contribution is 5.92. The summed E-state index contributed by atoms with van der Waals surface area (Å²) in [6, 6.07) is 10.8. The predicted molar refractivity (Wildman–Crippen MR) is 112 cm³/mol. The van der Waals surface area contributed by atoms with Crippen molar-refractivity contribution < 1.29 is 13.6 Å². The average Bonchev–Trinajstić information content (AvgIpc) is 2.73. The van der Waals surface area contributed by atoms with Crippen molar-refractivity contribution in [1.82, 2.24) is 10.2 Å². The van der Waals surface area contributed by atoms with Gasteiger partial charge < -0.3 is 20.4 Å². The van der Waals surface area contributed by atoms with E-state index in [1.165, 1.54) is 12.1 Å². The number of benzene rings is 2. The summed E-state index contributed by atoms with van der Waals surface area (Å²) in [6.07, 6.45) is 0. The predicted octanol–water partition coefficient (Wildman–Crippen LogP) is 3.40. The number of likely N-dealkylation sites (N-methyl/N-ethyl adjacent to an activating group) is 1. The van der Waals surface area contributed by atoms with Gasteiger partial charge in [-0.15, -0.1) is 0 Å². The molecule has 0 bridgehead atoms. The maximum atomic E-state index is 13.8. The summed E-state index contributed by atoms with van der Waals surface area (Å²) in [5.41, 5.74) is 2.19. The Morgan fingerprint density at radius 1 is 1.07 bits per heavy atom. The number of amides is 1. The van der Waals surface area contributed by atoms with Gasteiger partial charge in [-0.25, -0.2) is 8.78 Å². The van der Waals surface area contributed by atoms with Crippen molar-refractivity contribution in [3.8, 4) is 0 Å². The normalized spacial score (nSPS) is 15.9. The third kappa shape index (κ3) is 5.74. The van der Waals surface area contributed by atoms with Crippen LogP contribution in [0.1, 0.15) is 25.5 Å². The van der Waals surface area contributed by atoms with Crippen molar-refractivity contribution >= 4 is 17.3 Å². The molecule has 0 spiro atoms. The molecule has 3 rings (SSSR count). The van der Waals surface area contributed by atoms with Gasteiger partial charge in [-0.05, 0) is 43.8 Å². The van der Waals surface area contributed by atoms with Gasteiger partial charge in [0.1, 0.15) is 11.6 Å². The fourth-order valence-electron chi connectivity index (χ4n) is 3.49. The minimum absolute atomic E-state index is 0.0265. The molecule has 2 aromatic carbocycles. The smallest absolute Gasteiger partial charge is 0.238 e. The summed E-state index contributed by atoms with van der Waals surface area (Å²) in [5, 5.41) is 5.80. The summed E-state index contributed by atoms with van der Waals surface area (Å²) in [6.45, 7) is 9.15. The van der Waals surface area contributed by atoms with Crippen molar-refractivity contribution in [2.75, 3.05) is 49.5 Å². The second kappa shape index (κ2) is 9.80. The quantitative estimate of drug-likeness (QED) is 0.745. The molecule has 1 heterocycles. The van der Waals surface area contributed by atoms with Crippen LogP contribution in [0.2, 0.25) is 0 Å². The number of hydrogen-bond donors (Lipinski definition) is 2. The monoisotopic (exact) mass is 402 g/mol. The van der Waals surface area contributed by atoms with Crippen LogP contribution in [0.15, 0.2) is 42.5 Å². The Bertz CT molecular complexity index is 820. The zero-order valence-corrected chi connectivity index (χ0v) is 16.9. The summed E-state index contributed by atoms with van der Waals surface area (Å²) in [5.74, 6) is -1.46. The fourth-order valence-corrected chi connectivity index (χ4v) is 3.49. The summed E-state index contributed by atoms with van der Waals surface area (Å²) in [4.78, 5) is 17.0. The van der Waals surface area contributed by atoms with Gasteiger partial charge in [0.2, 0.25) is 5.91 Å². The van der Waals surface area contributed by atoms with Crippen molar-refractivity contribution in [3.05, 3.63) is 59.7 Å². The van der Waals surface area contributed by atoms with Gasteiger partial charge in [0, 0.05) is 55.2 Å². The van der Waals surface area contributed by atoms with E-state index in [-0.39, 0.29) is 12.5 Å². The Kier molecular flexibility index (Phi) is 7.17. The molecule has 0 radical (unpaired) electrons. The first-order chi connectivity index (χ1) is 14.0. The number of nitrogens with zero attached hydrogens (tertiary/aromatic N) is 2. The second-order valence-electron chi connectivity index (χ2n) is 7.28. The fraction of sp³-hybridized carbons (Fsp3) is 0.409. The van der Waals surface area contributed by atoms with Crippen LogP contribution in [0.4, 0.5) is 20.2 Å². The van der Waals surface area contributed by atoms with E-state index in [4.69, 9.17) is 0 Å². The molecule has 5 nitrogen and oxygen atoms in total. The number of carbonyl (C=O) groups excluding carboxylic acids is 1. The number of nitrogens with one attached hydrogen (secondary N) is 2. The molecule has 0 unspecified atom stereocenters. The van der Waals surface area contributed by atoms with Crippen molar-refractivity contribution in [2.45, 2.75) is 19.9 Å². The Balaban J connectivity index is 1.48. The molecule has 0 saturated carbocycles. The zero-order chi connectivity index (χ0) is 20.8. The molecular formula is C22H28F2N4O. The van der Waals surface area contributed by atoms with Crippen LogP contribution in [0.25, 0.3) is 0 Å². The van der Waals surface area contributed by atoms with Gasteiger partial charge >= 0.3 is 0 Å². The van der Waals surface area contributed by atoms with E-state index in [9.17, 15) is 13.6 Å². The first kappa shape index (κ1) is 21.2. The molecule has 0 aromatic heterocycles. The standard InChI is InChI=1S/C22H28F2N4O/c1-3-27-10-12-28(13-11-27)19-7-5-18(6-8-19)26-22(29)15-25-16(2)20-9-4-17(23)14-21(20)24/h4-9,14,16,25H,3,10-13,15H2,1-2H3,(H,26,29)/t16-/m0/s1. The van der Waals surface area contributed by atoms with Crippen molar-refractivity contribution in [2.24, 2.45) is 0 Å². The molecule has 2 N–H and O–H groups in total. The molecule has 1 fully saturated rings. The third-order valence-electron chi connectivity index (χ3n) is 5.33. The van der Waals surface area contributed by atoms with Crippen LogP contribution < -0.4 is 15.5 Å². The molecule has 2 aromatic rings. The first-order valence-electron chi connectivity index (χ1n) is 10.0. The average molecular weight is 402 g/mol. The van der Waals surface area contributed by atoms with Crippen LogP contribution in [0.3, 0.4) is 0 Å². The molecule has 1 amide bonds. The van der Waals surface area contributed by atoms with Gasteiger partial charge in [-0.1, -0.05) is 13.0 Å². The van der Waals surface area contributed by atoms with E-state index in [2.05, 4.69) is 27.4 Å². The van der Waals surface area contributed by atoms with Crippen LogP contribution >= 0.6 is 0 Å². The lowest BCUT2D eigenvalue weighted by molar-refractivity contribution is -0.115. The molecule has 156 valence electrons. The maximum absolute atomic E-state index is 13.8. The van der Waals surface area contributed by atoms with Crippen LogP contribution in [0.5, 0.6) is 0 Å². The largest absolute Gasteiger partial charge is 0.369 e. The van der Waals surface area contributed by atoms with Crippen molar-refractivity contribution in [1.29, 1.82) is 0 Å². The van der Waals surface area contributed by atoms with E-state index < -0.39 is 17.7 Å². The highest BCUT2D eigenvalue weighted by Gasteiger charge is 2.16. The van der Waals surface area contributed by atoms with E-state index >= 15 is 0 Å². The van der Waals surface area contributed by atoms with Crippen LogP contribution in [-0.2, 0) is 4.79 Å². The molecule has 7 heteroatoms. The number of hydrogen-bond acceptors (Lipinski definition) is 4. The highest BCUT2D eigenvalue weighted by Crippen LogP contribution is 2.20. The number of anilines is 2. The summed E-state index contributed by atoms with van der Waals surface area (Å²) >= 11 is 0. The van der Waals surface area contributed by atoms with Gasteiger partial charge in [-0.2, -0.15) is 0 Å². The lowest BCUT2D eigenvalue weighted by Gasteiger charge is -2.35. The molecule has 1 aliphatic heterocycles. The van der Waals surface area contributed by atoms with E-state index in [1.54, 1.807) is 6.92 Å². The molecule has 29 heavy (non-hydrogen) atoms. The Morgan fingerprint density at radius 2 is 1.76 bits per heavy atom. The van der Waals surface area contributed by atoms with Crippen LogP contribution in [0, 0.1) is 11.6 Å². The third-order valence-corrected chi connectivity index (χ3v) is 5.33. The maximum Gasteiger partial charge on any atom is 0.238 e.